The molecule has 2 heterocycles. The number of pyridine rings is 1. The number of rotatable bonds is 3. The van der Waals surface area contributed by atoms with Gasteiger partial charge in [0, 0.05) is 29.6 Å². The molecular weight excluding hydrogens is 347 g/mol. The zero-order chi connectivity index (χ0) is 15.9. The van der Waals surface area contributed by atoms with Gasteiger partial charge in [0.05, 0.1) is 16.5 Å². The molecule has 1 aliphatic rings. The molecule has 0 amide bonds. The van der Waals surface area contributed by atoms with Crippen molar-refractivity contribution in [2.45, 2.75) is 23.8 Å². The fraction of sp³-hybridized carbons (Fsp3) is 0.357. The number of hydrogen-bond acceptors (Lipinski definition) is 4. The Hall–Kier alpha value is -0.920. The SMILES string of the molecule is O=S(=O)(c1ccc2c(Cl)cnc(Cl)c2c1)N1CCC[C@@H]1CO. The average molecular weight is 361 g/mol. The van der Waals surface area contributed by atoms with Crippen LogP contribution in [-0.4, -0.2) is 42.0 Å². The number of nitrogens with zero attached hydrogens (tertiary/aromatic N) is 2. The summed E-state index contributed by atoms with van der Waals surface area (Å²) in [6.45, 7) is 0.230. The van der Waals surface area contributed by atoms with Crippen LogP contribution in [0.4, 0.5) is 0 Å². The van der Waals surface area contributed by atoms with Gasteiger partial charge in [-0.15, -0.1) is 0 Å². The highest BCUT2D eigenvalue weighted by molar-refractivity contribution is 7.89. The van der Waals surface area contributed by atoms with Crippen molar-refractivity contribution in [3.8, 4) is 0 Å². The molecule has 1 aliphatic heterocycles. The summed E-state index contributed by atoms with van der Waals surface area (Å²) in [5.74, 6) is 0. The largest absolute Gasteiger partial charge is 0.395 e. The Morgan fingerprint density at radius 1 is 1.32 bits per heavy atom. The van der Waals surface area contributed by atoms with Crippen LogP contribution in [0.2, 0.25) is 10.2 Å². The predicted molar refractivity (Wildman–Crippen MR) is 85.8 cm³/mol. The summed E-state index contributed by atoms with van der Waals surface area (Å²) in [5, 5.41) is 11.1. The van der Waals surface area contributed by atoms with E-state index in [2.05, 4.69) is 4.98 Å². The molecule has 2 aromatic rings. The van der Waals surface area contributed by atoms with E-state index in [9.17, 15) is 13.5 Å². The van der Waals surface area contributed by atoms with E-state index in [4.69, 9.17) is 23.2 Å². The summed E-state index contributed by atoms with van der Waals surface area (Å²) in [5.41, 5.74) is 0. The Morgan fingerprint density at radius 3 is 2.82 bits per heavy atom. The van der Waals surface area contributed by atoms with E-state index in [1.54, 1.807) is 6.07 Å². The molecule has 1 aromatic carbocycles. The van der Waals surface area contributed by atoms with Crippen molar-refractivity contribution < 1.29 is 13.5 Å². The maximum absolute atomic E-state index is 12.8. The van der Waals surface area contributed by atoms with Gasteiger partial charge in [0.1, 0.15) is 5.15 Å². The number of halogens is 2. The van der Waals surface area contributed by atoms with Crippen molar-refractivity contribution in [1.29, 1.82) is 0 Å². The number of sulfonamides is 1. The van der Waals surface area contributed by atoms with Gasteiger partial charge in [-0.05, 0) is 25.0 Å². The molecule has 22 heavy (non-hydrogen) atoms. The Morgan fingerprint density at radius 2 is 2.09 bits per heavy atom. The second kappa shape index (κ2) is 5.94. The van der Waals surface area contributed by atoms with Crippen molar-refractivity contribution >= 4 is 44.0 Å². The molecule has 0 saturated carbocycles. The third-order valence-corrected chi connectivity index (χ3v) is 6.45. The second-order valence-electron chi connectivity index (χ2n) is 5.20. The van der Waals surface area contributed by atoms with Gasteiger partial charge in [0.25, 0.3) is 0 Å². The molecule has 1 N–H and O–H groups in total. The lowest BCUT2D eigenvalue weighted by Gasteiger charge is -2.22. The van der Waals surface area contributed by atoms with Crippen LogP contribution in [0.1, 0.15) is 12.8 Å². The van der Waals surface area contributed by atoms with E-state index in [0.29, 0.717) is 28.8 Å². The molecule has 0 radical (unpaired) electrons. The summed E-state index contributed by atoms with van der Waals surface area (Å²) in [6, 6.07) is 4.25. The van der Waals surface area contributed by atoms with Crippen molar-refractivity contribution in [3.63, 3.8) is 0 Å². The molecule has 0 spiro atoms. The first-order valence-corrected chi connectivity index (χ1v) is 9.01. The third-order valence-electron chi connectivity index (χ3n) is 3.90. The molecular formula is C14H14Cl2N2O3S. The number of benzene rings is 1. The van der Waals surface area contributed by atoms with Crippen LogP contribution in [0.15, 0.2) is 29.3 Å². The maximum atomic E-state index is 12.8. The minimum absolute atomic E-state index is 0.131. The van der Waals surface area contributed by atoms with Crippen molar-refractivity contribution in [2.75, 3.05) is 13.2 Å². The van der Waals surface area contributed by atoms with Crippen molar-refractivity contribution in [1.82, 2.24) is 9.29 Å². The normalized spacial score (nSPS) is 19.9. The van der Waals surface area contributed by atoms with E-state index >= 15 is 0 Å². The van der Waals surface area contributed by atoms with Crippen LogP contribution in [0.3, 0.4) is 0 Å². The molecule has 5 nitrogen and oxygen atoms in total. The van der Waals surface area contributed by atoms with E-state index < -0.39 is 10.0 Å². The molecule has 1 fully saturated rings. The first kappa shape index (κ1) is 16.0. The quantitative estimate of drug-likeness (QED) is 0.854. The van der Waals surface area contributed by atoms with Gasteiger partial charge in [-0.2, -0.15) is 4.31 Å². The molecule has 0 bridgehead atoms. The van der Waals surface area contributed by atoms with Crippen LogP contribution < -0.4 is 0 Å². The Kier molecular flexibility index (Phi) is 4.31. The summed E-state index contributed by atoms with van der Waals surface area (Å²) < 4.78 is 26.9. The van der Waals surface area contributed by atoms with Gasteiger partial charge < -0.3 is 5.11 Å². The average Bonchev–Trinajstić information content (AvgIpc) is 3.00. The molecule has 118 valence electrons. The smallest absolute Gasteiger partial charge is 0.243 e. The molecule has 1 saturated heterocycles. The first-order chi connectivity index (χ1) is 10.4. The molecule has 0 aliphatic carbocycles. The van der Waals surface area contributed by atoms with Crippen LogP contribution in [0.5, 0.6) is 0 Å². The van der Waals surface area contributed by atoms with Gasteiger partial charge >= 0.3 is 0 Å². The van der Waals surface area contributed by atoms with Gasteiger partial charge in [-0.25, -0.2) is 13.4 Å². The van der Waals surface area contributed by atoms with Gasteiger partial charge in [-0.1, -0.05) is 29.3 Å². The van der Waals surface area contributed by atoms with Crippen LogP contribution in [0.25, 0.3) is 10.8 Å². The Balaban J connectivity index is 2.12. The summed E-state index contributed by atoms with van der Waals surface area (Å²) in [4.78, 5) is 4.07. The number of aromatic nitrogens is 1. The van der Waals surface area contributed by atoms with Gasteiger partial charge in [0.15, 0.2) is 0 Å². The summed E-state index contributed by atoms with van der Waals surface area (Å²) in [6.07, 6.45) is 2.84. The Labute approximate surface area is 138 Å². The lowest BCUT2D eigenvalue weighted by atomic mass is 10.2. The maximum Gasteiger partial charge on any atom is 0.243 e. The number of aliphatic hydroxyl groups is 1. The lowest BCUT2D eigenvalue weighted by molar-refractivity contribution is 0.213. The summed E-state index contributed by atoms with van der Waals surface area (Å²) >= 11 is 12.1. The topological polar surface area (TPSA) is 70.5 Å². The van der Waals surface area contributed by atoms with Crippen molar-refractivity contribution in [2.24, 2.45) is 0 Å². The zero-order valence-electron chi connectivity index (χ0n) is 11.5. The molecule has 8 heteroatoms. The minimum Gasteiger partial charge on any atom is -0.395 e. The zero-order valence-corrected chi connectivity index (χ0v) is 13.9. The van der Waals surface area contributed by atoms with E-state index in [1.807, 2.05) is 0 Å². The van der Waals surface area contributed by atoms with Gasteiger partial charge in [-0.3, -0.25) is 0 Å². The number of aliphatic hydroxyl groups excluding tert-OH is 1. The highest BCUT2D eigenvalue weighted by Gasteiger charge is 2.35. The number of hydrogen-bond donors (Lipinski definition) is 1. The fourth-order valence-corrected chi connectivity index (χ4v) is 4.89. The molecule has 3 rings (SSSR count). The predicted octanol–water partition coefficient (Wildman–Crippen LogP) is 2.69. The van der Waals surface area contributed by atoms with Gasteiger partial charge in [0.2, 0.25) is 10.0 Å². The molecule has 1 atom stereocenters. The standard InChI is InChI=1S/C14H14Cl2N2O3S/c15-13-7-17-14(16)12-6-10(3-4-11(12)13)22(20,21)18-5-1-2-9(18)8-19/h3-4,6-7,9,19H,1-2,5,8H2/t9-/m1/s1. The van der Waals surface area contributed by atoms with Crippen LogP contribution in [-0.2, 0) is 10.0 Å². The Bertz CT molecular complexity index is 826. The first-order valence-electron chi connectivity index (χ1n) is 6.81. The van der Waals surface area contributed by atoms with Crippen LogP contribution >= 0.6 is 23.2 Å². The fourth-order valence-electron chi connectivity index (χ4n) is 2.76. The number of fused-ring (bicyclic) bond motifs is 1. The second-order valence-corrected chi connectivity index (χ2v) is 7.85. The highest BCUT2D eigenvalue weighted by atomic mass is 35.5. The summed E-state index contributed by atoms with van der Waals surface area (Å²) in [7, 11) is -3.68. The molecule has 0 unspecified atom stereocenters. The monoisotopic (exact) mass is 360 g/mol. The minimum atomic E-state index is -3.68. The molecule has 1 aromatic heterocycles. The third kappa shape index (κ3) is 2.59. The van der Waals surface area contributed by atoms with Crippen molar-refractivity contribution in [3.05, 3.63) is 34.6 Å². The van der Waals surface area contributed by atoms with Crippen LogP contribution in [0, 0.1) is 0 Å². The van der Waals surface area contributed by atoms with E-state index in [-0.39, 0.29) is 22.7 Å². The lowest BCUT2D eigenvalue weighted by Crippen LogP contribution is -2.37. The highest BCUT2D eigenvalue weighted by Crippen LogP contribution is 2.32. The van der Waals surface area contributed by atoms with E-state index in [0.717, 1.165) is 6.42 Å². The van der Waals surface area contributed by atoms with E-state index in [1.165, 1.54) is 22.6 Å².